The molecule has 0 bridgehead atoms. The van der Waals surface area contributed by atoms with E-state index in [0.29, 0.717) is 21.8 Å². The fraction of sp³-hybridized carbons (Fsp3) is 0.158. The summed E-state index contributed by atoms with van der Waals surface area (Å²) in [5.74, 6) is -1.74. The zero-order chi connectivity index (χ0) is 20.5. The van der Waals surface area contributed by atoms with E-state index in [2.05, 4.69) is 10.6 Å². The Morgan fingerprint density at radius 2 is 1.79 bits per heavy atom. The number of nitrogens with zero attached hydrogens (tertiary/aromatic N) is 1. The number of halogens is 1. The van der Waals surface area contributed by atoms with Crippen LogP contribution in [-0.4, -0.2) is 35.2 Å². The van der Waals surface area contributed by atoms with Crippen molar-refractivity contribution in [1.82, 2.24) is 10.2 Å². The van der Waals surface area contributed by atoms with Crippen molar-refractivity contribution in [3.63, 3.8) is 0 Å². The molecule has 5 amide bonds. The number of nitrogens with one attached hydrogen (secondary N) is 2. The Morgan fingerprint density at radius 1 is 1.14 bits per heavy atom. The third-order valence-electron chi connectivity index (χ3n) is 4.44. The van der Waals surface area contributed by atoms with Crippen LogP contribution in [0.1, 0.15) is 22.8 Å². The summed E-state index contributed by atoms with van der Waals surface area (Å²) in [5.41, 5.74) is 4.94. The molecule has 1 aliphatic heterocycles. The summed E-state index contributed by atoms with van der Waals surface area (Å²) >= 11 is 6.17. The lowest BCUT2D eigenvalue weighted by Gasteiger charge is -2.23. The van der Waals surface area contributed by atoms with Gasteiger partial charge < -0.3 is 16.4 Å². The summed E-state index contributed by atoms with van der Waals surface area (Å²) in [6.07, 6.45) is 0. The monoisotopic (exact) mass is 400 g/mol. The Balaban J connectivity index is 1.73. The number of hydrogen-bond acceptors (Lipinski definition) is 4. The average Bonchev–Trinajstić information content (AvgIpc) is 2.86. The van der Waals surface area contributed by atoms with Gasteiger partial charge in [0.1, 0.15) is 12.1 Å². The lowest BCUT2D eigenvalue weighted by Crippen LogP contribution is -2.42. The van der Waals surface area contributed by atoms with E-state index in [1.165, 1.54) is 31.2 Å². The van der Waals surface area contributed by atoms with E-state index in [1.54, 1.807) is 24.3 Å². The first-order valence-electron chi connectivity index (χ1n) is 8.31. The topological polar surface area (TPSA) is 122 Å². The fourth-order valence-electron chi connectivity index (χ4n) is 2.95. The van der Waals surface area contributed by atoms with E-state index < -0.39 is 35.8 Å². The summed E-state index contributed by atoms with van der Waals surface area (Å²) < 4.78 is 0. The number of primary amides is 1. The van der Waals surface area contributed by atoms with Gasteiger partial charge in [-0.25, -0.2) is 4.79 Å². The molecule has 0 unspecified atom stereocenters. The summed E-state index contributed by atoms with van der Waals surface area (Å²) in [6.45, 7) is 1.07. The van der Waals surface area contributed by atoms with Gasteiger partial charge in [-0.1, -0.05) is 29.8 Å². The highest BCUT2D eigenvalue weighted by Crippen LogP contribution is 2.33. The summed E-state index contributed by atoms with van der Waals surface area (Å²) in [4.78, 5) is 49.4. The van der Waals surface area contributed by atoms with Crippen molar-refractivity contribution >= 4 is 41.0 Å². The second-order valence-corrected chi connectivity index (χ2v) is 6.82. The van der Waals surface area contributed by atoms with Crippen molar-refractivity contribution in [3.8, 4) is 0 Å². The second kappa shape index (κ2) is 7.32. The molecule has 1 fully saturated rings. The number of carbonyl (C=O) groups is 4. The highest BCUT2D eigenvalue weighted by atomic mass is 35.5. The molecule has 28 heavy (non-hydrogen) atoms. The van der Waals surface area contributed by atoms with Crippen LogP contribution in [0.5, 0.6) is 0 Å². The van der Waals surface area contributed by atoms with Gasteiger partial charge in [0.15, 0.2) is 0 Å². The number of amides is 5. The molecular formula is C19H17ClN4O4. The summed E-state index contributed by atoms with van der Waals surface area (Å²) in [7, 11) is 0. The number of anilines is 1. The van der Waals surface area contributed by atoms with Crippen molar-refractivity contribution in [1.29, 1.82) is 0 Å². The lowest BCUT2D eigenvalue weighted by atomic mass is 9.92. The number of imide groups is 1. The van der Waals surface area contributed by atoms with Gasteiger partial charge in [-0.15, -0.1) is 0 Å². The first-order chi connectivity index (χ1) is 13.2. The van der Waals surface area contributed by atoms with Crippen LogP contribution in [0.25, 0.3) is 0 Å². The van der Waals surface area contributed by atoms with Gasteiger partial charge in [0, 0.05) is 21.8 Å². The van der Waals surface area contributed by atoms with Crippen molar-refractivity contribution in [3.05, 3.63) is 64.7 Å². The predicted molar refractivity (Wildman–Crippen MR) is 103 cm³/mol. The molecule has 0 saturated carbocycles. The Morgan fingerprint density at radius 3 is 2.39 bits per heavy atom. The largest absolute Gasteiger partial charge is 0.366 e. The van der Waals surface area contributed by atoms with Gasteiger partial charge in [-0.2, -0.15) is 0 Å². The van der Waals surface area contributed by atoms with Gasteiger partial charge in [0.2, 0.25) is 11.8 Å². The Bertz CT molecular complexity index is 976. The van der Waals surface area contributed by atoms with E-state index in [0.717, 1.165) is 4.90 Å². The highest BCUT2D eigenvalue weighted by molar-refractivity contribution is 6.32. The Kier molecular flexibility index (Phi) is 5.06. The van der Waals surface area contributed by atoms with Crippen LogP contribution in [0.4, 0.5) is 10.5 Å². The van der Waals surface area contributed by atoms with Gasteiger partial charge >= 0.3 is 6.03 Å². The zero-order valence-corrected chi connectivity index (χ0v) is 15.6. The molecule has 3 rings (SSSR count). The Hall–Kier alpha value is -3.39. The van der Waals surface area contributed by atoms with E-state index in [-0.39, 0.29) is 0 Å². The molecule has 0 aliphatic carbocycles. The average molecular weight is 401 g/mol. The molecule has 1 atom stereocenters. The van der Waals surface area contributed by atoms with Crippen LogP contribution < -0.4 is 16.4 Å². The van der Waals surface area contributed by atoms with Crippen LogP contribution in [0.2, 0.25) is 5.02 Å². The Labute approximate surface area is 165 Å². The molecular weight excluding hydrogens is 384 g/mol. The first-order valence-corrected chi connectivity index (χ1v) is 8.69. The van der Waals surface area contributed by atoms with E-state index >= 15 is 0 Å². The molecule has 8 nitrogen and oxygen atoms in total. The first kappa shape index (κ1) is 19.4. The molecule has 144 valence electrons. The minimum atomic E-state index is -1.36. The van der Waals surface area contributed by atoms with Crippen LogP contribution in [0, 0.1) is 0 Å². The van der Waals surface area contributed by atoms with Gasteiger partial charge in [-0.05, 0) is 37.3 Å². The molecule has 4 N–H and O–H groups in total. The van der Waals surface area contributed by atoms with E-state index in [1.807, 2.05) is 0 Å². The van der Waals surface area contributed by atoms with E-state index in [9.17, 15) is 19.2 Å². The molecule has 0 radical (unpaired) electrons. The fourth-order valence-corrected chi connectivity index (χ4v) is 3.28. The molecule has 2 aromatic rings. The third-order valence-corrected chi connectivity index (χ3v) is 4.77. The zero-order valence-electron chi connectivity index (χ0n) is 14.9. The van der Waals surface area contributed by atoms with Crippen LogP contribution >= 0.6 is 11.6 Å². The molecule has 0 aromatic heterocycles. The van der Waals surface area contributed by atoms with Crippen LogP contribution in [-0.2, 0) is 15.1 Å². The summed E-state index contributed by atoms with van der Waals surface area (Å²) in [5, 5.41) is 5.49. The number of hydrogen-bond donors (Lipinski definition) is 3. The van der Waals surface area contributed by atoms with Crippen molar-refractivity contribution in [2.45, 2.75) is 12.5 Å². The number of benzene rings is 2. The lowest BCUT2D eigenvalue weighted by molar-refractivity contribution is -0.133. The maximum absolute atomic E-state index is 12.9. The van der Waals surface area contributed by atoms with Gasteiger partial charge in [-0.3, -0.25) is 19.3 Å². The van der Waals surface area contributed by atoms with Gasteiger partial charge in [0.25, 0.3) is 5.91 Å². The van der Waals surface area contributed by atoms with Crippen LogP contribution in [0.15, 0.2) is 48.5 Å². The van der Waals surface area contributed by atoms with E-state index in [4.69, 9.17) is 17.3 Å². The van der Waals surface area contributed by atoms with Crippen molar-refractivity contribution in [2.24, 2.45) is 5.73 Å². The predicted octanol–water partition coefficient (Wildman–Crippen LogP) is 1.84. The van der Waals surface area contributed by atoms with Crippen LogP contribution in [0.3, 0.4) is 0 Å². The minimum absolute atomic E-state index is 0.294. The quantitative estimate of drug-likeness (QED) is 0.663. The van der Waals surface area contributed by atoms with Crippen molar-refractivity contribution < 1.29 is 19.2 Å². The normalized spacial score (nSPS) is 18.7. The molecule has 9 heteroatoms. The third kappa shape index (κ3) is 3.54. The number of nitrogens with two attached hydrogens (primary N) is 1. The second-order valence-electron chi connectivity index (χ2n) is 6.42. The molecule has 1 heterocycles. The smallest absolute Gasteiger partial charge is 0.325 e. The molecule has 2 aromatic carbocycles. The number of urea groups is 1. The van der Waals surface area contributed by atoms with Crippen molar-refractivity contribution in [2.75, 3.05) is 11.9 Å². The van der Waals surface area contributed by atoms with Gasteiger partial charge in [0.05, 0.1) is 0 Å². The highest BCUT2D eigenvalue weighted by Gasteiger charge is 2.50. The number of rotatable bonds is 5. The molecule has 1 saturated heterocycles. The molecule has 0 spiro atoms. The molecule has 1 aliphatic rings. The maximum Gasteiger partial charge on any atom is 0.325 e. The standard InChI is InChI=1S/C19H17ClN4O4/c1-19(13-4-2-3-5-14(13)20)17(27)24(18(28)23-19)10-15(25)22-12-8-6-11(7-9-12)16(21)26/h2-9H,10H2,1H3,(H2,21,26)(H,22,25)(H,23,28)/t19-/m0/s1. The maximum atomic E-state index is 12.9. The number of carbonyl (C=O) groups excluding carboxylic acids is 4. The minimum Gasteiger partial charge on any atom is -0.366 e. The summed E-state index contributed by atoms with van der Waals surface area (Å²) in [6, 6.07) is 11.9. The SMILES string of the molecule is C[C@@]1(c2ccccc2Cl)NC(=O)N(CC(=O)Nc2ccc(C(N)=O)cc2)C1=O.